The van der Waals surface area contributed by atoms with E-state index in [1.165, 1.54) is 19.2 Å². The number of aliphatic hydroxyl groups is 1. The first kappa shape index (κ1) is 35.5. The second-order valence-corrected chi connectivity index (χ2v) is 11.8. The van der Waals surface area contributed by atoms with E-state index in [4.69, 9.17) is 33.2 Å². The molecule has 48 heavy (non-hydrogen) atoms. The molecule has 1 saturated heterocycles. The molecule has 9 nitrogen and oxygen atoms in total. The van der Waals surface area contributed by atoms with Gasteiger partial charge in [0.1, 0.15) is 29.2 Å². The lowest BCUT2D eigenvalue weighted by Gasteiger charge is -2.39. The van der Waals surface area contributed by atoms with Gasteiger partial charge in [-0.15, -0.1) is 0 Å². The number of piperidine rings is 1. The van der Waals surface area contributed by atoms with Crippen LogP contribution >= 0.6 is 0 Å². The lowest BCUT2D eigenvalue weighted by atomic mass is 9.85. The highest BCUT2D eigenvalue weighted by molar-refractivity contribution is 5.89. The quantitative estimate of drug-likeness (QED) is 0.131. The molecule has 258 valence electrons. The molecule has 2 N–H and O–H groups in total. The number of methoxy groups -OCH3 is 3. The number of hydrogen-bond acceptors (Lipinski definition) is 9. The fourth-order valence-corrected chi connectivity index (χ4v) is 6.04. The van der Waals surface area contributed by atoms with Crippen LogP contribution in [0.4, 0.5) is 4.39 Å². The van der Waals surface area contributed by atoms with Crippen molar-refractivity contribution in [1.82, 2.24) is 5.32 Å². The number of hydrogen-bond donors (Lipinski definition) is 2. The molecule has 0 aromatic heterocycles. The summed E-state index contributed by atoms with van der Waals surface area (Å²) in [4.78, 5) is 0. The van der Waals surface area contributed by atoms with Gasteiger partial charge in [0.05, 0.1) is 66.1 Å². The fourth-order valence-electron chi connectivity index (χ4n) is 6.04. The van der Waals surface area contributed by atoms with Gasteiger partial charge < -0.3 is 43.6 Å². The van der Waals surface area contributed by atoms with Crippen LogP contribution in [-0.4, -0.2) is 84.3 Å². The van der Waals surface area contributed by atoms with Crippen LogP contribution in [0.1, 0.15) is 29.0 Å². The van der Waals surface area contributed by atoms with Crippen LogP contribution in [0.5, 0.6) is 17.2 Å². The molecule has 4 atom stereocenters. The van der Waals surface area contributed by atoms with E-state index < -0.39 is 6.10 Å². The Balaban J connectivity index is 1.20. The monoisotopic (exact) mass is 663 g/mol. The van der Waals surface area contributed by atoms with Crippen LogP contribution in [-0.2, 0) is 32.2 Å². The molecular weight excluding hydrogens is 617 g/mol. The molecule has 0 radical (unpaired) electrons. The molecule has 1 aliphatic heterocycles. The third-order valence-electron chi connectivity index (χ3n) is 8.39. The Labute approximate surface area is 281 Å². The Kier molecular flexibility index (Phi) is 13.4. The Bertz CT molecular complexity index is 1570. The normalized spacial score (nSPS) is 18.5. The summed E-state index contributed by atoms with van der Waals surface area (Å²) in [6, 6.07) is 24.8. The van der Waals surface area contributed by atoms with Gasteiger partial charge in [-0.25, -0.2) is 4.39 Å². The van der Waals surface area contributed by atoms with Gasteiger partial charge in [-0.3, -0.25) is 0 Å². The molecule has 1 aliphatic rings. The van der Waals surface area contributed by atoms with Crippen LogP contribution < -0.4 is 19.5 Å². The van der Waals surface area contributed by atoms with Gasteiger partial charge in [-0.1, -0.05) is 42.5 Å². The lowest BCUT2D eigenvalue weighted by Crippen LogP contribution is -2.51. The molecule has 0 amide bonds. The largest absolute Gasteiger partial charge is 0.496 e. The van der Waals surface area contributed by atoms with Gasteiger partial charge in [0.25, 0.3) is 0 Å². The smallest absolute Gasteiger partial charge is 0.127 e. The van der Waals surface area contributed by atoms with Gasteiger partial charge in [-0.05, 0) is 46.8 Å². The standard InChI is InChI=1S/C38H46FNO8/c1-42-24-31(41)25-48-37-21-40-20-36(47-22-26-17-28-7-4-5-8-33(28)35(18-26)44-3)38(37)27-10-13-32(14-11-27)46-16-6-15-45-23-29-9-12-30(39)19-34(29)43-2/h4-5,7-14,17-19,31,36-38,40-41H,6,15-16,20-25H2,1-3H3/t31?,36-,37+,38+/m0/s1. The highest BCUT2D eigenvalue weighted by Gasteiger charge is 2.36. The van der Waals surface area contributed by atoms with Crippen LogP contribution in [0.25, 0.3) is 10.8 Å². The van der Waals surface area contributed by atoms with E-state index in [0.717, 1.165) is 39.0 Å². The predicted octanol–water partition coefficient (Wildman–Crippen LogP) is 5.65. The summed E-state index contributed by atoms with van der Waals surface area (Å²) >= 11 is 0. The van der Waals surface area contributed by atoms with E-state index in [1.54, 1.807) is 20.3 Å². The van der Waals surface area contributed by atoms with Gasteiger partial charge >= 0.3 is 0 Å². The molecule has 4 aromatic carbocycles. The summed E-state index contributed by atoms with van der Waals surface area (Å²) < 4.78 is 54.1. The minimum atomic E-state index is -0.723. The first-order chi connectivity index (χ1) is 23.5. The highest BCUT2D eigenvalue weighted by atomic mass is 19.1. The van der Waals surface area contributed by atoms with Crippen molar-refractivity contribution in [2.24, 2.45) is 0 Å². The summed E-state index contributed by atoms with van der Waals surface area (Å²) in [5.41, 5.74) is 2.88. The zero-order valence-electron chi connectivity index (χ0n) is 27.9. The van der Waals surface area contributed by atoms with E-state index in [0.29, 0.717) is 51.7 Å². The van der Waals surface area contributed by atoms with Crippen molar-refractivity contribution in [3.8, 4) is 17.2 Å². The Morgan fingerprint density at radius 2 is 1.58 bits per heavy atom. The summed E-state index contributed by atoms with van der Waals surface area (Å²) in [5, 5.41) is 15.9. The van der Waals surface area contributed by atoms with Crippen molar-refractivity contribution in [2.45, 2.75) is 43.9 Å². The molecular formula is C38H46FNO8. The SMILES string of the molecule is COCC(O)CO[C@@H]1CNC[C@H](OCc2cc(OC)c3ccccc3c2)[C@H]1c1ccc(OCCCOCc2ccc(F)cc2OC)cc1. The molecule has 4 aromatic rings. The number of ether oxygens (including phenoxy) is 7. The average Bonchev–Trinajstić information content (AvgIpc) is 3.11. The van der Waals surface area contributed by atoms with E-state index >= 15 is 0 Å². The summed E-state index contributed by atoms with van der Waals surface area (Å²) in [6.07, 6.45) is -0.455. The van der Waals surface area contributed by atoms with Crippen molar-refractivity contribution in [3.05, 3.63) is 101 Å². The predicted molar refractivity (Wildman–Crippen MR) is 181 cm³/mol. The zero-order chi connectivity index (χ0) is 33.7. The van der Waals surface area contributed by atoms with Gasteiger partial charge in [0.2, 0.25) is 0 Å². The number of halogens is 1. The number of nitrogens with one attached hydrogen (secondary N) is 1. The minimum absolute atomic E-state index is 0.0887. The maximum atomic E-state index is 13.4. The Morgan fingerprint density at radius 3 is 2.35 bits per heavy atom. The van der Waals surface area contributed by atoms with E-state index in [9.17, 15) is 9.50 Å². The number of benzene rings is 4. The first-order valence-corrected chi connectivity index (χ1v) is 16.3. The third-order valence-corrected chi connectivity index (χ3v) is 8.39. The number of fused-ring (bicyclic) bond motifs is 1. The van der Waals surface area contributed by atoms with Crippen molar-refractivity contribution in [2.75, 3.05) is 60.8 Å². The summed E-state index contributed by atoms with van der Waals surface area (Å²) in [6.45, 7) is 3.33. The molecule has 5 rings (SSSR count). The minimum Gasteiger partial charge on any atom is -0.496 e. The maximum Gasteiger partial charge on any atom is 0.127 e. The van der Waals surface area contributed by atoms with Crippen molar-refractivity contribution < 1.29 is 42.7 Å². The highest BCUT2D eigenvalue weighted by Crippen LogP contribution is 2.33. The van der Waals surface area contributed by atoms with Crippen LogP contribution in [0.3, 0.4) is 0 Å². The van der Waals surface area contributed by atoms with Gasteiger partial charge in [0.15, 0.2) is 0 Å². The molecule has 0 saturated carbocycles. The van der Waals surface area contributed by atoms with Crippen LogP contribution in [0.2, 0.25) is 0 Å². The number of rotatable bonds is 18. The second kappa shape index (κ2) is 18.1. The van der Waals surface area contributed by atoms with Crippen molar-refractivity contribution in [3.63, 3.8) is 0 Å². The number of aliphatic hydroxyl groups excluding tert-OH is 1. The molecule has 10 heteroatoms. The van der Waals surface area contributed by atoms with Gasteiger partial charge in [0, 0.05) is 49.6 Å². The fraction of sp³-hybridized carbons (Fsp3) is 0.421. The summed E-state index contributed by atoms with van der Waals surface area (Å²) in [5.74, 6) is 1.61. The van der Waals surface area contributed by atoms with Crippen LogP contribution in [0.15, 0.2) is 78.9 Å². The van der Waals surface area contributed by atoms with Crippen molar-refractivity contribution in [1.29, 1.82) is 0 Å². The van der Waals surface area contributed by atoms with E-state index in [1.807, 2.05) is 30.3 Å². The van der Waals surface area contributed by atoms with E-state index in [-0.39, 0.29) is 37.2 Å². The second-order valence-electron chi connectivity index (χ2n) is 11.8. The molecule has 1 heterocycles. The average molecular weight is 664 g/mol. The van der Waals surface area contributed by atoms with Crippen molar-refractivity contribution >= 4 is 10.8 Å². The lowest BCUT2D eigenvalue weighted by molar-refractivity contribution is -0.0856. The maximum absolute atomic E-state index is 13.4. The molecule has 1 fully saturated rings. The zero-order valence-corrected chi connectivity index (χ0v) is 27.9. The summed E-state index contributed by atoms with van der Waals surface area (Å²) in [7, 11) is 4.75. The van der Waals surface area contributed by atoms with Gasteiger partial charge in [-0.2, -0.15) is 0 Å². The topological polar surface area (TPSA) is 96.9 Å². The van der Waals surface area contributed by atoms with Crippen LogP contribution in [0, 0.1) is 5.82 Å². The third kappa shape index (κ3) is 9.65. The first-order valence-electron chi connectivity index (χ1n) is 16.3. The molecule has 0 aliphatic carbocycles. The Morgan fingerprint density at radius 1 is 0.812 bits per heavy atom. The molecule has 0 spiro atoms. The van der Waals surface area contributed by atoms with E-state index in [2.05, 4.69) is 35.6 Å². The Hall–Kier alpha value is -3.77. The molecule has 0 bridgehead atoms. The molecule has 1 unspecified atom stereocenters.